The van der Waals surface area contributed by atoms with Gasteiger partial charge in [-0.2, -0.15) is 0 Å². The van der Waals surface area contributed by atoms with Crippen LogP contribution < -0.4 is 0 Å². The molecule has 0 amide bonds. The molecule has 1 aliphatic heterocycles. The standard InChI is InChI=1S/C18H17NO/c1-18(2)16(13-14-9-5-3-6-10-14)20-17(19-18)15-11-7-4-8-12-15/h3-13H,1-2H3/b16-13-. The molecule has 0 aliphatic carbocycles. The molecule has 3 rings (SSSR count). The van der Waals surface area contributed by atoms with Gasteiger partial charge in [0.15, 0.2) is 0 Å². The summed E-state index contributed by atoms with van der Waals surface area (Å²) >= 11 is 0. The van der Waals surface area contributed by atoms with Gasteiger partial charge in [0.05, 0.1) is 0 Å². The van der Waals surface area contributed by atoms with E-state index in [0.29, 0.717) is 5.90 Å². The zero-order valence-electron chi connectivity index (χ0n) is 11.7. The smallest absolute Gasteiger partial charge is 0.222 e. The van der Waals surface area contributed by atoms with E-state index in [1.54, 1.807) is 0 Å². The third-order valence-corrected chi connectivity index (χ3v) is 3.31. The maximum absolute atomic E-state index is 5.98. The van der Waals surface area contributed by atoms with E-state index in [1.807, 2.05) is 48.5 Å². The van der Waals surface area contributed by atoms with Gasteiger partial charge in [-0.3, -0.25) is 0 Å². The Hall–Kier alpha value is -2.35. The maximum Gasteiger partial charge on any atom is 0.222 e. The van der Waals surface area contributed by atoms with Crippen LogP contribution in [0.3, 0.4) is 0 Å². The molecule has 0 aromatic heterocycles. The van der Waals surface area contributed by atoms with E-state index in [1.165, 1.54) is 0 Å². The number of benzene rings is 2. The SMILES string of the molecule is CC1(C)N=C(c2ccccc2)O/C1=C\c1ccccc1. The molecule has 1 heterocycles. The molecule has 0 saturated heterocycles. The zero-order chi connectivity index (χ0) is 14.0. The highest BCUT2D eigenvalue weighted by Crippen LogP contribution is 2.32. The number of rotatable bonds is 2. The Morgan fingerprint density at radius 3 is 2.15 bits per heavy atom. The van der Waals surface area contributed by atoms with Crippen molar-refractivity contribution in [1.82, 2.24) is 0 Å². The van der Waals surface area contributed by atoms with Crippen LogP contribution >= 0.6 is 0 Å². The normalized spacial score (nSPS) is 18.7. The Morgan fingerprint density at radius 1 is 0.900 bits per heavy atom. The summed E-state index contributed by atoms with van der Waals surface area (Å²) in [5.74, 6) is 1.57. The second kappa shape index (κ2) is 4.97. The molecular weight excluding hydrogens is 246 g/mol. The lowest BCUT2D eigenvalue weighted by Gasteiger charge is -2.14. The Morgan fingerprint density at radius 2 is 1.50 bits per heavy atom. The average molecular weight is 263 g/mol. The highest BCUT2D eigenvalue weighted by molar-refractivity contribution is 5.97. The number of hydrogen-bond donors (Lipinski definition) is 0. The molecule has 20 heavy (non-hydrogen) atoms. The number of hydrogen-bond acceptors (Lipinski definition) is 2. The molecule has 0 fully saturated rings. The third kappa shape index (κ3) is 2.50. The largest absolute Gasteiger partial charge is 0.441 e. The fourth-order valence-corrected chi connectivity index (χ4v) is 2.17. The maximum atomic E-state index is 5.98. The first-order valence-electron chi connectivity index (χ1n) is 6.75. The van der Waals surface area contributed by atoms with Crippen molar-refractivity contribution >= 4 is 12.0 Å². The fourth-order valence-electron chi connectivity index (χ4n) is 2.17. The molecule has 1 aliphatic rings. The van der Waals surface area contributed by atoms with Gasteiger partial charge in [0, 0.05) is 5.56 Å². The molecule has 2 nitrogen and oxygen atoms in total. The van der Waals surface area contributed by atoms with E-state index in [-0.39, 0.29) is 5.54 Å². The van der Waals surface area contributed by atoms with Crippen molar-refractivity contribution in [2.24, 2.45) is 4.99 Å². The van der Waals surface area contributed by atoms with Gasteiger partial charge in [0.2, 0.25) is 5.90 Å². The van der Waals surface area contributed by atoms with E-state index < -0.39 is 0 Å². The van der Waals surface area contributed by atoms with E-state index in [4.69, 9.17) is 9.73 Å². The second-order valence-corrected chi connectivity index (χ2v) is 5.36. The summed E-state index contributed by atoms with van der Waals surface area (Å²) in [5.41, 5.74) is 1.80. The molecule has 0 spiro atoms. The summed E-state index contributed by atoms with van der Waals surface area (Å²) in [7, 11) is 0. The zero-order valence-corrected chi connectivity index (χ0v) is 11.7. The molecule has 0 radical (unpaired) electrons. The number of ether oxygens (including phenoxy) is 1. The van der Waals surface area contributed by atoms with Crippen LogP contribution in [-0.4, -0.2) is 11.4 Å². The van der Waals surface area contributed by atoms with Gasteiger partial charge >= 0.3 is 0 Å². The predicted molar refractivity (Wildman–Crippen MR) is 82.6 cm³/mol. The van der Waals surface area contributed by atoms with Gasteiger partial charge < -0.3 is 4.74 Å². The number of aliphatic imine (C=N–C) groups is 1. The lowest BCUT2D eigenvalue weighted by atomic mass is 10.0. The van der Waals surface area contributed by atoms with Gasteiger partial charge in [-0.05, 0) is 37.6 Å². The van der Waals surface area contributed by atoms with E-state index in [0.717, 1.165) is 16.9 Å². The van der Waals surface area contributed by atoms with Gasteiger partial charge in [-0.25, -0.2) is 4.99 Å². The molecule has 100 valence electrons. The highest BCUT2D eigenvalue weighted by Gasteiger charge is 2.33. The van der Waals surface area contributed by atoms with Crippen molar-refractivity contribution in [2.75, 3.05) is 0 Å². The summed E-state index contributed by atoms with van der Waals surface area (Å²) in [6.07, 6.45) is 2.06. The molecule has 2 heteroatoms. The monoisotopic (exact) mass is 263 g/mol. The van der Waals surface area contributed by atoms with Crippen LogP contribution in [-0.2, 0) is 4.74 Å². The molecule has 0 N–H and O–H groups in total. The first-order valence-corrected chi connectivity index (χ1v) is 6.75. The van der Waals surface area contributed by atoms with Crippen LogP contribution in [0.1, 0.15) is 25.0 Å². The average Bonchev–Trinajstić information content (AvgIpc) is 2.76. The third-order valence-electron chi connectivity index (χ3n) is 3.31. The minimum Gasteiger partial charge on any atom is -0.441 e. The quantitative estimate of drug-likeness (QED) is 0.792. The molecular formula is C18H17NO. The second-order valence-electron chi connectivity index (χ2n) is 5.36. The molecule has 0 atom stereocenters. The molecule has 2 aromatic carbocycles. The predicted octanol–water partition coefficient (Wildman–Crippen LogP) is 4.28. The number of nitrogens with zero attached hydrogens (tertiary/aromatic N) is 1. The minimum atomic E-state index is -0.332. The summed E-state index contributed by atoms with van der Waals surface area (Å²) in [6.45, 7) is 4.13. The Balaban J connectivity index is 1.93. The van der Waals surface area contributed by atoms with Crippen LogP contribution in [0.5, 0.6) is 0 Å². The van der Waals surface area contributed by atoms with Gasteiger partial charge in [-0.15, -0.1) is 0 Å². The van der Waals surface area contributed by atoms with Gasteiger partial charge in [0.1, 0.15) is 11.3 Å². The first-order chi connectivity index (χ1) is 9.65. The van der Waals surface area contributed by atoms with E-state index in [2.05, 4.69) is 32.1 Å². The van der Waals surface area contributed by atoms with Gasteiger partial charge in [0.25, 0.3) is 0 Å². The Labute approximate surface area is 119 Å². The lowest BCUT2D eigenvalue weighted by molar-refractivity contribution is 0.387. The summed E-state index contributed by atoms with van der Waals surface area (Å²) in [6, 6.07) is 20.2. The molecule has 0 saturated carbocycles. The van der Waals surface area contributed by atoms with Crippen molar-refractivity contribution in [1.29, 1.82) is 0 Å². The van der Waals surface area contributed by atoms with E-state index >= 15 is 0 Å². The Bertz CT molecular complexity index is 654. The van der Waals surface area contributed by atoms with Crippen LogP contribution in [0.15, 0.2) is 71.4 Å². The van der Waals surface area contributed by atoms with Gasteiger partial charge in [-0.1, -0.05) is 48.5 Å². The molecule has 0 unspecified atom stereocenters. The summed E-state index contributed by atoms with van der Waals surface area (Å²) in [5, 5.41) is 0. The van der Waals surface area contributed by atoms with Crippen LogP contribution in [0, 0.1) is 0 Å². The highest BCUT2D eigenvalue weighted by atomic mass is 16.5. The van der Waals surface area contributed by atoms with Crippen molar-refractivity contribution in [3.05, 3.63) is 77.5 Å². The molecule has 0 bridgehead atoms. The van der Waals surface area contributed by atoms with Crippen molar-refractivity contribution in [3.63, 3.8) is 0 Å². The van der Waals surface area contributed by atoms with Crippen molar-refractivity contribution < 1.29 is 4.74 Å². The van der Waals surface area contributed by atoms with Crippen LogP contribution in [0.4, 0.5) is 0 Å². The van der Waals surface area contributed by atoms with Crippen molar-refractivity contribution in [3.8, 4) is 0 Å². The van der Waals surface area contributed by atoms with Crippen molar-refractivity contribution in [2.45, 2.75) is 19.4 Å². The van der Waals surface area contributed by atoms with Crippen LogP contribution in [0.25, 0.3) is 6.08 Å². The van der Waals surface area contributed by atoms with Crippen LogP contribution in [0.2, 0.25) is 0 Å². The summed E-state index contributed by atoms with van der Waals surface area (Å²) < 4.78 is 5.98. The lowest BCUT2D eigenvalue weighted by Crippen LogP contribution is -2.15. The summed E-state index contributed by atoms with van der Waals surface area (Å²) in [4.78, 5) is 4.69. The Kier molecular flexibility index (Phi) is 3.15. The first kappa shape index (κ1) is 12.7. The fraction of sp³-hybridized carbons (Fsp3) is 0.167. The molecule has 2 aromatic rings. The topological polar surface area (TPSA) is 21.6 Å². The minimum absolute atomic E-state index is 0.332. The van der Waals surface area contributed by atoms with E-state index in [9.17, 15) is 0 Å².